The van der Waals surface area contributed by atoms with Gasteiger partial charge in [0.15, 0.2) is 11.5 Å². The molecule has 0 bridgehead atoms. The van der Waals surface area contributed by atoms with Gasteiger partial charge in [-0.05, 0) is 29.4 Å². The Labute approximate surface area is 117 Å². The van der Waals surface area contributed by atoms with E-state index in [0.717, 1.165) is 24.4 Å². The van der Waals surface area contributed by atoms with Gasteiger partial charge in [-0.3, -0.25) is 0 Å². The maximum absolute atomic E-state index is 5.98. The summed E-state index contributed by atoms with van der Waals surface area (Å²) in [5.41, 5.74) is 1.83. The molecule has 3 rings (SSSR count). The average molecular weight is 280 g/mol. The van der Waals surface area contributed by atoms with Gasteiger partial charge in [0.25, 0.3) is 0 Å². The van der Waals surface area contributed by atoms with Gasteiger partial charge in [-0.2, -0.15) is 9.97 Å². The molecular formula is C13H18ClN5. The molecule has 2 aromatic heterocycles. The van der Waals surface area contributed by atoms with Crippen molar-refractivity contribution in [3.8, 4) is 0 Å². The van der Waals surface area contributed by atoms with E-state index in [-0.39, 0.29) is 5.28 Å². The standard InChI is InChI=1S/C13H18ClN5/c1-13(2,3)8-4-5-19(6-8)11-9-10(16-7-15-9)17-12(14)18-11/h7-8H,4-6H2,1-3H3,(H,15,16,17,18). The Morgan fingerprint density at radius 2 is 2.16 bits per heavy atom. The summed E-state index contributed by atoms with van der Waals surface area (Å²) in [5, 5.41) is 0.258. The number of halogens is 1. The molecule has 0 aliphatic carbocycles. The van der Waals surface area contributed by atoms with Gasteiger partial charge in [0.1, 0.15) is 5.52 Å². The van der Waals surface area contributed by atoms with Crippen LogP contribution in [0.15, 0.2) is 6.33 Å². The van der Waals surface area contributed by atoms with Gasteiger partial charge in [0.2, 0.25) is 5.28 Å². The van der Waals surface area contributed by atoms with Crippen molar-refractivity contribution in [2.45, 2.75) is 27.2 Å². The molecule has 0 amide bonds. The zero-order valence-electron chi connectivity index (χ0n) is 11.4. The molecule has 1 saturated heterocycles. The van der Waals surface area contributed by atoms with Crippen molar-refractivity contribution in [1.29, 1.82) is 0 Å². The Bertz CT molecular complexity index is 601. The third-order valence-corrected chi connectivity index (χ3v) is 4.12. The van der Waals surface area contributed by atoms with Crippen molar-refractivity contribution < 1.29 is 0 Å². The summed E-state index contributed by atoms with van der Waals surface area (Å²) >= 11 is 5.98. The predicted molar refractivity (Wildman–Crippen MR) is 76.5 cm³/mol. The molecule has 0 saturated carbocycles. The number of aromatic amines is 1. The van der Waals surface area contributed by atoms with Crippen LogP contribution in [-0.4, -0.2) is 33.0 Å². The highest BCUT2D eigenvalue weighted by molar-refractivity contribution is 6.28. The van der Waals surface area contributed by atoms with E-state index in [4.69, 9.17) is 11.6 Å². The highest BCUT2D eigenvalue weighted by atomic mass is 35.5. The number of hydrogen-bond acceptors (Lipinski definition) is 4. The van der Waals surface area contributed by atoms with Crippen LogP contribution in [0.5, 0.6) is 0 Å². The van der Waals surface area contributed by atoms with Crippen molar-refractivity contribution >= 4 is 28.6 Å². The summed E-state index contributed by atoms with van der Waals surface area (Å²) in [4.78, 5) is 18.1. The summed E-state index contributed by atoms with van der Waals surface area (Å²) in [6, 6.07) is 0. The van der Waals surface area contributed by atoms with Crippen molar-refractivity contribution in [3.63, 3.8) is 0 Å². The molecule has 0 aromatic carbocycles. The number of hydrogen-bond donors (Lipinski definition) is 1. The zero-order chi connectivity index (χ0) is 13.6. The normalized spacial score (nSPS) is 20.4. The van der Waals surface area contributed by atoms with Crippen LogP contribution in [-0.2, 0) is 0 Å². The van der Waals surface area contributed by atoms with Crippen LogP contribution in [0.1, 0.15) is 27.2 Å². The van der Waals surface area contributed by atoms with Gasteiger partial charge in [-0.25, -0.2) is 4.98 Å². The number of aromatic nitrogens is 4. The number of anilines is 1. The van der Waals surface area contributed by atoms with Crippen LogP contribution < -0.4 is 4.90 Å². The fourth-order valence-electron chi connectivity index (χ4n) is 2.68. The lowest BCUT2D eigenvalue weighted by atomic mass is 9.80. The van der Waals surface area contributed by atoms with Crippen LogP contribution in [0, 0.1) is 11.3 Å². The van der Waals surface area contributed by atoms with E-state index in [1.54, 1.807) is 6.33 Å². The summed E-state index contributed by atoms with van der Waals surface area (Å²) in [6.45, 7) is 8.88. The monoisotopic (exact) mass is 279 g/mol. The molecule has 2 aromatic rings. The molecule has 1 N–H and O–H groups in total. The number of H-pyrrole nitrogens is 1. The molecular weight excluding hydrogens is 262 g/mol. The van der Waals surface area contributed by atoms with Crippen LogP contribution in [0.4, 0.5) is 5.82 Å². The minimum atomic E-state index is 0.258. The largest absolute Gasteiger partial charge is 0.354 e. The lowest BCUT2D eigenvalue weighted by Crippen LogP contribution is -2.26. The average Bonchev–Trinajstić information content (AvgIpc) is 2.94. The molecule has 1 aliphatic rings. The van der Waals surface area contributed by atoms with E-state index >= 15 is 0 Å². The molecule has 1 atom stereocenters. The van der Waals surface area contributed by atoms with Gasteiger partial charge < -0.3 is 9.88 Å². The van der Waals surface area contributed by atoms with Gasteiger partial charge >= 0.3 is 0 Å². The summed E-state index contributed by atoms with van der Waals surface area (Å²) in [7, 11) is 0. The lowest BCUT2D eigenvalue weighted by Gasteiger charge is -2.27. The van der Waals surface area contributed by atoms with Crippen molar-refractivity contribution in [2.75, 3.05) is 18.0 Å². The van der Waals surface area contributed by atoms with Crippen molar-refractivity contribution in [3.05, 3.63) is 11.6 Å². The molecule has 5 nitrogen and oxygen atoms in total. The Hall–Kier alpha value is -1.36. The van der Waals surface area contributed by atoms with Crippen LogP contribution in [0.25, 0.3) is 11.2 Å². The third-order valence-electron chi connectivity index (χ3n) is 3.95. The number of imidazole rings is 1. The molecule has 102 valence electrons. The first kappa shape index (κ1) is 12.7. The summed E-state index contributed by atoms with van der Waals surface area (Å²) in [6.07, 6.45) is 2.82. The fraction of sp³-hybridized carbons (Fsp3) is 0.615. The third kappa shape index (κ3) is 2.27. The molecule has 1 unspecified atom stereocenters. The Morgan fingerprint density at radius 1 is 1.37 bits per heavy atom. The quantitative estimate of drug-likeness (QED) is 0.816. The number of fused-ring (bicyclic) bond motifs is 1. The minimum Gasteiger partial charge on any atom is -0.354 e. The Morgan fingerprint density at radius 3 is 2.84 bits per heavy atom. The van der Waals surface area contributed by atoms with E-state index < -0.39 is 0 Å². The molecule has 6 heteroatoms. The Balaban J connectivity index is 1.95. The highest BCUT2D eigenvalue weighted by Gasteiger charge is 2.33. The molecule has 19 heavy (non-hydrogen) atoms. The van der Waals surface area contributed by atoms with Gasteiger partial charge in [-0.1, -0.05) is 20.8 Å². The van der Waals surface area contributed by atoms with Gasteiger partial charge in [-0.15, -0.1) is 0 Å². The maximum Gasteiger partial charge on any atom is 0.226 e. The molecule has 1 fully saturated rings. The number of nitrogens with one attached hydrogen (secondary N) is 1. The molecule has 1 aliphatic heterocycles. The van der Waals surface area contributed by atoms with Crippen LogP contribution in [0.2, 0.25) is 5.28 Å². The molecule has 0 spiro atoms. The van der Waals surface area contributed by atoms with E-state index in [1.807, 2.05) is 0 Å². The van der Waals surface area contributed by atoms with E-state index in [2.05, 4.69) is 45.6 Å². The second kappa shape index (κ2) is 4.34. The number of rotatable bonds is 1. The maximum atomic E-state index is 5.98. The van der Waals surface area contributed by atoms with Crippen molar-refractivity contribution in [1.82, 2.24) is 19.9 Å². The SMILES string of the molecule is CC(C)(C)C1CCN(c2nc(Cl)nc3nc[nH]c23)C1. The second-order valence-corrected chi connectivity index (χ2v) is 6.55. The smallest absolute Gasteiger partial charge is 0.226 e. The van der Waals surface area contributed by atoms with Crippen LogP contribution in [0.3, 0.4) is 0 Å². The number of nitrogens with zero attached hydrogens (tertiary/aromatic N) is 4. The van der Waals surface area contributed by atoms with E-state index in [0.29, 0.717) is 17.0 Å². The van der Waals surface area contributed by atoms with Gasteiger partial charge in [0.05, 0.1) is 6.33 Å². The Kier molecular flexibility index (Phi) is 2.89. The zero-order valence-corrected chi connectivity index (χ0v) is 12.2. The first-order valence-electron chi connectivity index (χ1n) is 6.57. The predicted octanol–water partition coefficient (Wildman–Crippen LogP) is 2.88. The first-order chi connectivity index (χ1) is 8.95. The minimum absolute atomic E-state index is 0.258. The fourth-order valence-corrected chi connectivity index (χ4v) is 2.84. The summed E-state index contributed by atoms with van der Waals surface area (Å²) in [5.74, 6) is 1.54. The topological polar surface area (TPSA) is 57.7 Å². The molecule has 3 heterocycles. The summed E-state index contributed by atoms with van der Waals surface area (Å²) < 4.78 is 0. The lowest BCUT2D eigenvalue weighted by molar-refractivity contribution is 0.263. The van der Waals surface area contributed by atoms with E-state index in [9.17, 15) is 0 Å². The van der Waals surface area contributed by atoms with Crippen molar-refractivity contribution in [2.24, 2.45) is 11.3 Å². The molecule has 0 radical (unpaired) electrons. The van der Waals surface area contributed by atoms with Gasteiger partial charge in [0, 0.05) is 13.1 Å². The highest BCUT2D eigenvalue weighted by Crippen LogP contribution is 2.36. The van der Waals surface area contributed by atoms with E-state index in [1.165, 1.54) is 6.42 Å². The second-order valence-electron chi connectivity index (χ2n) is 6.22. The van der Waals surface area contributed by atoms with Crippen LogP contribution >= 0.6 is 11.6 Å². The first-order valence-corrected chi connectivity index (χ1v) is 6.94.